The molecule has 0 amide bonds. The number of rotatable bonds is 3. The van der Waals surface area contributed by atoms with Crippen LogP contribution in [0.3, 0.4) is 0 Å². The Hall–Kier alpha value is -0.930. The summed E-state index contributed by atoms with van der Waals surface area (Å²) >= 11 is 5.99. The lowest BCUT2D eigenvalue weighted by Crippen LogP contribution is -2.38. The zero-order valence-corrected chi connectivity index (χ0v) is 11.3. The van der Waals surface area contributed by atoms with E-state index in [4.69, 9.17) is 26.8 Å². The molecular formula is C13H20ClNO2. The van der Waals surface area contributed by atoms with E-state index in [1.165, 1.54) is 0 Å². The Morgan fingerprint density at radius 2 is 1.88 bits per heavy atom. The molecule has 2 N–H and O–H groups in total. The highest BCUT2D eigenvalue weighted by molar-refractivity contribution is 6.32. The van der Waals surface area contributed by atoms with Gasteiger partial charge in [0.1, 0.15) is 11.9 Å². The predicted octanol–water partition coefficient (Wildman–Crippen LogP) is 3.50. The molecule has 0 unspecified atom stereocenters. The summed E-state index contributed by atoms with van der Waals surface area (Å²) in [7, 11) is 1.72. The first-order valence-electron chi connectivity index (χ1n) is 5.93. The topological polar surface area (TPSA) is 44.5 Å². The van der Waals surface area contributed by atoms with Gasteiger partial charge in [-0.25, -0.2) is 0 Å². The molecule has 0 aliphatic heterocycles. The van der Waals surface area contributed by atoms with Crippen LogP contribution in [0.2, 0.25) is 5.02 Å². The lowest BCUT2D eigenvalue weighted by Gasteiger charge is -2.34. The number of nitrogens with two attached hydrogens (primary N) is 1. The summed E-state index contributed by atoms with van der Waals surface area (Å²) in [4.78, 5) is 0. The third-order valence-electron chi connectivity index (χ3n) is 2.63. The highest BCUT2D eigenvalue weighted by Gasteiger charge is 2.31. The number of hydrogen-bond donors (Lipinski definition) is 1. The van der Waals surface area contributed by atoms with Crippen molar-refractivity contribution >= 4 is 17.3 Å². The van der Waals surface area contributed by atoms with E-state index >= 15 is 0 Å². The summed E-state index contributed by atoms with van der Waals surface area (Å²) in [6.07, 6.45) is 2.41. The van der Waals surface area contributed by atoms with Crippen LogP contribution in [0.25, 0.3) is 0 Å². The molecule has 96 valence electrons. The van der Waals surface area contributed by atoms with E-state index in [0.29, 0.717) is 22.6 Å². The molecule has 0 heterocycles. The van der Waals surface area contributed by atoms with Gasteiger partial charge in [0.25, 0.3) is 0 Å². The summed E-state index contributed by atoms with van der Waals surface area (Å²) in [5.41, 5.74) is 6.24. The molecule has 17 heavy (non-hydrogen) atoms. The molecule has 3 nitrogen and oxygen atoms in total. The molecule has 1 aromatic carbocycles. The van der Waals surface area contributed by atoms with Crippen molar-refractivity contribution < 1.29 is 9.47 Å². The molecule has 0 radical (unpaired) electrons. The maximum atomic E-state index is 5.99. The quantitative estimate of drug-likeness (QED) is 0.843. The van der Waals surface area contributed by atoms with Gasteiger partial charge in [-0.3, -0.25) is 0 Å². The zero-order valence-electron chi connectivity index (χ0n) is 10.6. The molecule has 2 rings (SSSR count). The predicted molar refractivity (Wildman–Crippen MR) is 71.7 cm³/mol. The van der Waals surface area contributed by atoms with Crippen LogP contribution in [0.15, 0.2) is 18.2 Å². The minimum atomic E-state index is 0.219. The minimum absolute atomic E-state index is 0.219. The number of anilines is 1. The van der Waals surface area contributed by atoms with E-state index in [9.17, 15) is 0 Å². The number of halogens is 1. The fraction of sp³-hybridized carbons (Fsp3) is 0.538. The van der Waals surface area contributed by atoms with Gasteiger partial charge >= 0.3 is 0 Å². The minimum Gasteiger partial charge on any atom is -0.489 e. The average Bonchev–Trinajstić information content (AvgIpc) is 2.28. The van der Waals surface area contributed by atoms with Gasteiger partial charge in [0, 0.05) is 25.6 Å². The maximum absolute atomic E-state index is 5.99. The number of ether oxygens (including phenoxy) is 2. The summed E-state index contributed by atoms with van der Waals surface area (Å²) in [6.45, 7) is 4.00. The maximum Gasteiger partial charge on any atom is 0.138 e. The second-order valence-electron chi connectivity index (χ2n) is 3.76. The summed E-state index contributed by atoms with van der Waals surface area (Å²) in [5, 5.41) is 0.566. The van der Waals surface area contributed by atoms with Gasteiger partial charge in [0.2, 0.25) is 0 Å². The van der Waals surface area contributed by atoms with Crippen LogP contribution in [0.5, 0.6) is 5.75 Å². The van der Waals surface area contributed by atoms with Crippen molar-refractivity contribution in [3.8, 4) is 5.75 Å². The molecule has 1 saturated carbocycles. The molecule has 0 bridgehead atoms. The van der Waals surface area contributed by atoms with Crippen LogP contribution in [0.1, 0.15) is 26.7 Å². The monoisotopic (exact) mass is 257 g/mol. The second-order valence-corrected chi connectivity index (χ2v) is 4.17. The van der Waals surface area contributed by atoms with Crippen LogP contribution >= 0.6 is 11.6 Å². The smallest absolute Gasteiger partial charge is 0.138 e. The fourth-order valence-corrected chi connectivity index (χ4v) is 1.83. The first-order valence-corrected chi connectivity index (χ1v) is 6.31. The SMILES string of the molecule is CC.COC1CC(Oc2ccc(N)cc2Cl)C1. The van der Waals surface area contributed by atoms with Gasteiger partial charge in [0.15, 0.2) is 0 Å². The number of hydrogen-bond acceptors (Lipinski definition) is 3. The van der Waals surface area contributed by atoms with Crippen molar-refractivity contribution in [3.63, 3.8) is 0 Å². The lowest BCUT2D eigenvalue weighted by atomic mass is 9.92. The largest absolute Gasteiger partial charge is 0.489 e. The standard InChI is InChI=1S/C11H14ClNO2.C2H6/c1-14-8-5-9(6-8)15-11-3-2-7(13)4-10(11)12;1-2/h2-4,8-9H,5-6,13H2,1H3;1-2H3. The van der Waals surface area contributed by atoms with Crippen molar-refractivity contribution in [1.29, 1.82) is 0 Å². The van der Waals surface area contributed by atoms with Gasteiger partial charge in [-0.05, 0) is 18.2 Å². The van der Waals surface area contributed by atoms with Crippen molar-refractivity contribution in [3.05, 3.63) is 23.2 Å². The number of methoxy groups -OCH3 is 1. The van der Waals surface area contributed by atoms with Crippen molar-refractivity contribution in [2.75, 3.05) is 12.8 Å². The van der Waals surface area contributed by atoms with Gasteiger partial charge in [-0.15, -0.1) is 0 Å². The summed E-state index contributed by atoms with van der Waals surface area (Å²) in [6, 6.07) is 5.29. The fourth-order valence-electron chi connectivity index (χ4n) is 1.60. The normalized spacial score (nSPS) is 22.1. The van der Waals surface area contributed by atoms with Gasteiger partial charge < -0.3 is 15.2 Å². The van der Waals surface area contributed by atoms with E-state index in [2.05, 4.69) is 0 Å². The van der Waals surface area contributed by atoms with Crippen LogP contribution in [-0.4, -0.2) is 19.3 Å². The van der Waals surface area contributed by atoms with Crippen LogP contribution in [0, 0.1) is 0 Å². The highest BCUT2D eigenvalue weighted by atomic mass is 35.5. The van der Waals surface area contributed by atoms with Crippen molar-refractivity contribution in [1.82, 2.24) is 0 Å². The molecule has 0 saturated heterocycles. The number of benzene rings is 1. The molecular weight excluding hydrogens is 238 g/mol. The molecule has 1 fully saturated rings. The number of nitrogen functional groups attached to an aromatic ring is 1. The summed E-state index contributed by atoms with van der Waals surface area (Å²) in [5.74, 6) is 0.699. The lowest BCUT2D eigenvalue weighted by molar-refractivity contribution is -0.0380. The molecule has 1 aliphatic rings. The van der Waals surface area contributed by atoms with E-state index in [1.54, 1.807) is 25.3 Å². The molecule has 0 atom stereocenters. The molecule has 1 aliphatic carbocycles. The van der Waals surface area contributed by atoms with Gasteiger partial charge in [0.05, 0.1) is 11.1 Å². The summed E-state index contributed by atoms with van der Waals surface area (Å²) < 4.78 is 10.9. The molecule has 1 aromatic rings. The van der Waals surface area contributed by atoms with Crippen molar-refractivity contribution in [2.24, 2.45) is 0 Å². The van der Waals surface area contributed by atoms with E-state index in [1.807, 2.05) is 13.8 Å². The zero-order chi connectivity index (χ0) is 12.8. The van der Waals surface area contributed by atoms with Gasteiger partial charge in [-0.1, -0.05) is 25.4 Å². The van der Waals surface area contributed by atoms with E-state index in [0.717, 1.165) is 12.8 Å². The Balaban J connectivity index is 0.000000686. The second kappa shape index (κ2) is 6.72. The first-order chi connectivity index (χ1) is 8.19. The molecule has 4 heteroatoms. The van der Waals surface area contributed by atoms with Gasteiger partial charge in [-0.2, -0.15) is 0 Å². The van der Waals surface area contributed by atoms with E-state index < -0.39 is 0 Å². The first kappa shape index (κ1) is 14.1. The molecule has 0 spiro atoms. The Labute approximate surface area is 108 Å². The Bertz CT molecular complexity index is 351. The third kappa shape index (κ3) is 3.79. The van der Waals surface area contributed by atoms with Crippen molar-refractivity contribution in [2.45, 2.75) is 38.9 Å². The highest BCUT2D eigenvalue weighted by Crippen LogP contribution is 2.32. The molecule has 0 aromatic heterocycles. The third-order valence-corrected chi connectivity index (χ3v) is 2.93. The Kier molecular flexibility index (Phi) is 5.59. The van der Waals surface area contributed by atoms with E-state index in [-0.39, 0.29) is 6.10 Å². The van der Waals surface area contributed by atoms with Crippen LogP contribution in [-0.2, 0) is 4.74 Å². The van der Waals surface area contributed by atoms with Crippen LogP contribution < -0.4 is 10.5 Å². The Morgan fingerprint density at radius 3 is 2.41 bits per heavy atom. The Morgan fingerprint density at radius 1 is 1.24 bits per heavy atom. The average molecular weight is 258 g/mol. The van der Waals surface area contributed by atoms with Crippen LogP contribution in [0.4, 0.5) is 5.69 Å².